The minimum Gasteiger partial charge on any atom is -0.419 e. The summed E-state index contributed by atoms with van der Waals surface area (Å²) in [5.74, 6) is 0. The van der Waals surface area contributed by atoms with Gasteiger partial charge >= 0.3 is 12.3 Å². The SMILES string of the molecule is C.C.C.C.NCOC(=O)OCN.NCOC(=O)OCN. The molecule has 10 heteroatoms. The molecule has 0 heterocycles. The van der Waals surface area contributed by atoms with Crippen LogP contribution >= 0.6 is 0 Å². The van der Waals surface area contributed by atoms with Gasteiger partial charge in [-0.2, -0.15) is 0 Å². The molecule has 0 aromatic heterocycles. The van der Waals surface area contributed by atoms with E-state index in [9.17, 15) is 9.59 Å². The van der Waals surface area contributed by atoms with Crippen molar-refractivity contribution in [1.29, 1.82) is 0 Å². The highest BCUT2D eigenvalue weighted by Crippen LogP contribution is 1.77. The van der Waals surface area contributed by atoms with Crippen molar-refractivity contribution in [2.45, 2.75) is 29.7 Å². The van der Waals surface area contributed by atoms with Crippen molar-refractivity contribution < 1.29 is 28.5 Å². The van der Waals surface area contributed by atoms with Crippen molar-refractivity contribution in [3.8, 4) is 0 Å². The molecule has 0 atom stereocenters. The van der Waals surface area contributed by atoms with Gasteiger partial charge in [-0.25, -0.2) is 9.59 Å². The summed E-state index contributed by atoms with van der Waals surface area (Å²) in [6.07, 6.45) is -1.68. The quantitative estimate of drug-likeness (QED) is 0.422. The molecule has 0 rings (SSSR count). The summed E-state index contributed by atoms with van der Waals surface area (Å²) in [5.41, 5.74) is 19.2. The summed E-state index contributed by atoms with van der Waals surface area (Å²) in [4.78, 5) is 20.1. The number of carbonyl (C=O) groups is 2. The maximum absolute atomic E-state index is 10.0. The van der Waals surface area contributed by atoms with Crippen LogP contribution in [0.1, 0.15) is 29.7 Å². The summed E-state index contributed by atoms with van der Waals surface area (Å²) in [5, 5.41) is 0. The van der Waals surface area contributed by atoms with Crippen LogP contribution in [-0.4, -0.2) is 39.2 Å². The number of hydrogen-bond donors (Lipinski definition) is 4. The first-order valence-electron chi connectivity index (χ1n) is 4.01. The Morgan fingerprint density at radius 3 is 0.800 bits per heavy atom. The predicted octanol–water partition coefficient (Wildman–Crippen LogP) is 0.488. The van der Waals surface area contributed by atoms with Crippen molar-refractivity contribution in [3.63, 3.8) is 0 Å². The third kappa shape index (κ3) is 36.0. The molecule has 0 aliphatic carbocycles. The van der Waals surface area contributed by atoms with Gasteiger partial charge in [0.05, 0.1) is 0 Å². The fraction of sp³-hybridized carbons (Fsp3) is 0.800. The minimum atomic E-state index is -0.838. The van der Waals surface area contributed by atoms with E-state index in [4.69, 9.17) is 22.9 Å². The summed E-state index contributed by atoms with van der Waals surface area (Å²) in [6, 6.07) is 0. The van der Waals surface area contributed by atoms with E-state index in [2.05, 4.69) is 18.9 Å². The molecule has 8 N–H and O–H groups in total. The van der Waals surface area contributed by atoms with Crippen LogP contribution in [0.25, 0.3) is 0 Å². The molecule has 0 saturated heterocycles. The second kappa shape index (κ2) is 30.4. The lowest BCUT2D eigenvalue weighted by Gasteiger charge is -1.98. The lowest BCUT2D eigenvalue weighted by atomic mass is 11.2. The van der Waals surface area contributed by atoms with E-state index < -0.39 is 12.3 Å². The maximum atomic E-state index is 10.0. The van der Waals surface area contributed by atoms with E-state index in [0.717, 1.165) is 0 Å². The molecule has 0 amide bonds. The van der Waals surface area contributed by atoms with Gasteiger partial charge in [0.2, 0.25) is 0 Å². The van der Waals surface area contributed by atoms with E-state index in [1.807, 2.05) is 0 Å². The Kier molecular flexibility index (Phi) is 55.1. The second-order valence-corrected chi connectivity index (χ2v) is 1.74. The molecular formula is C10H32N4O6. The molecule has 0 aliphatic rings. The van der Waals surface area contributed by atoms with E-state index in [0.29, 0.717) is 0 Å². The first kappa shape index (κ1) is 36.2. The molecule has 128 valence electrons. The van der Waals surface area contributed by atoms with Gasteiger partial charge in [0, 0.05) is 0 Å². The molecule has 0 aromatic carbocycles. The molecule has 0 saturated carbocycles. The van der Waals surface area contributed by atoms with Crippen LogP contribution in [0.15, 0.2) is 0 Å². The van der Waals surface area contributed by atoms with Crippen LogP contribution in [0.4, 0.5) is 9.59 Å². The summed E-state index contributed by atoms with van der Waals surface area (Å²) in [6.45, 7) is -0.727. The first-order valence-corrected chi connectivity index (χ1v) is 4.01. The van der Waals surface area contributed by atoms with E-state index in [1.54, 1.807) is 0 Å². The van der Waals surface area contributed by atoms with Crippen molar-refractivity contribution in [2.24, 2.45) is 22.9 Å². The van der Waals surface area contributed by atoms with Crippen molar-refractivity contribution in [3.05, 3.63) is 0 Å². The number of nitrogens with two attached hydrogens (primary N) is 4. The van der Waals surface area contributed by atoms with Crippen LogP contribution in [0.5, 0.6) is 0 Å². The Bertz CT molecular complexity index is 159. The molecule has 0 radical (unpaired) electrons. The van der Waals surface area contributed by atoms with Gasteiger partial charge in [-0.05, 0) is 0 Å². The number of rotatable bonds is 4. The molecule has 0 bridgehead atoms. The Balaban J connectivity index is -0.0000000408. The van der Waals surface area contributed by atoms with Gasteiger partial charge in [0.15, 0.2) is 0 Å². The molecule has 20 heavy (non-hydrogen) atoms. The van der Waals surface area contributed by atoms with Crippen LogP contribution in [-0.2, 0) is 18.9 Å². The molecule has 10 nitrogen and oxygen atoms in total. The van der Waals surface area contributed by atoms with Gasteiger partial charge in [-0.1, -0.05) is 29.7 Å². The Hall–Kier alpha value is -1.62. The van der Waals surface area contributed by atoms with Gasteiger partial charge in [0.25, 0.3) is 0 Å². The highest BCUT2D eigenvalue weighted by atomic mass is 16.7. The Morgan fingerprint density at radius 2 is 0.700 bits per heavy atom. The smallest absolute Gasteiger partial charge is 0.419 e. The normalized spacial score (nSPS) is 6.60. The van der Waals surface area contributed by atoms with Gasteiger partial charge in [0.1, 0.15) is 26.9 Å². The van der Waals surface area contributed by atoms with E-state index >= 15 is 0 Å². The topological polar surface area (TPSA) is 175 Å². The summed E-state index contributed by atoms with van der Waals surface area (Å²) in [7, 11) is 0. The van der Waals surface area contributed by atoms with Crippen LogP contribution < -0.4 is 22.9 Å². The van der Waals surface area contributed by atoms with Gasteiger partial charge < -0.3 is 18.9 Å². The number of ether oxygens (including phenoxy) is 4. The third-order valence-electron chi connectivity index (χ3n) is 0.805. The average Bonchev–Trinajstić information content (AvgIpc) is 2.20. The Labute approximate surface area is 121 Å². The van der Waals surface area contributed by atoms with Crippen LogP contribution in [0.2, 0.25) is 0 Å². The van der Waals surface area contributed by atoms with Crippen LogP contribution in [0, 0.1) is 0 Å². The predicted molar refractivity (Wildman–Crippen MR) is 78.3 cm³/mol. The molecule has 0 aromatic rings. The largest absolute Gasteiger partial charge is 0.510 e. The lowest BCUT2D eigenvalue weighted by molar-refractivity contribution is 0.0580. The zero-order chi connectivity index (χ0) is 12.8. The fourth-order valence-electron chi connectivity index (χ4n) is 0.355. The van der Waals surface area contributed by atoms with Crippen molar-refractivity contribution >= 4 is 12.3 Å². The zero-order valence-electron chi connectivity index (χ0n) is 8.59. The highest BCUT2D eigenvalue weighted by molar-refractivity contribution is 5.59. The second-order valence-electron chi connectivity index (χ2n) is 1.74. The number of carbonyl (C=O) groups excluding carboxylic acids is 2. The molecular weight excluding hydrogens is 272 g/mol. The van der Waals surface area contributed by atoms with E-state index in [1.165, 1.54) is 0 Å². The first-order chi connectivity index (χ1) is 7.62. The summed E-state index contributed by atoms with van der Waals surface area (Å²) >= 11 is 0. The third-order valence-corrected chi connectivity index (χ3v) is 0.805. The molecule has 0 fully saturated rings. The highest BCUT2D eigenvalue weighted by Gasteiger charge is 1.97. The summed E-state index contributed by atoms with van der Waals surface area (Å²) < 4.78 is 16.5. The maximum Gasteiger partial charge on any atom is 0.510 e. The van der Waals surface area contributed by atoms with Crippen molar-refractivity contribution in [2.75, 3.05) is 26.9 Å². The molecule has 0 spiro atoms. The molecule has 0 unspecified atom stereocenters. The Morgan fingerprint density at radius 1 is 0.550 bits per heavy atom. The van der Waals surface area contributed by atoms with Crippen LogP contribution in [0.3, 0.4) is 0 Å². The van der Waals surface area contributed by atoms with Gasteiger partial charge in [-0.15, -0.1) is 0 Å². The van der Waals surface area contributed by atoms with E-state index in [-0.39, 0.29) is 56.6 Å². The lowest BCUT2D eigenvalue weighted by Crippen LogP contribution is -2.16. The number of hydrogen-bond acceptors (Lipinski definition) is 10. The minimum absolute atomic E-state index is 0. The fourth-order valence-corrected chi connectivity index (χ4v) is 0.355. The molecule has 0 aliphatic heterocycles. The average molecular weight is 304 g/mol. The van der Waals surface area contributed by atoms with Gasteiger partial charge in [-0.3, -0.25) is 22.9 Å². The standard InChI is InChI=1S/2C3H8N2O3.4CH4/c2*4-1-7-3(6)8-2-5;;;;/h2*1-2,4-5H2;4*1H4. The van der Waals surface area contributed by atoms with Crippen molar-refractivity contribution in [1.82, 2.24) is 0 Å². The zero-order valence-corrected chi connectivity index (χ0v) is 8.59. The monoisotopic (exact) mass is 304 g/mol.